The monoisotopic (exact) mass is 279 g/mol. The van der Waals surface area contributed by atoms with E-state index < -0.39 is 27.9 Å². The predicted molar refractivity (Wildman–Crippen MR) is 66.7 cm³/mol. The van der Waals surface area contributed by atoms with Crippen LogP contribution < -0.4 is 0 Å². The minimum Gasteiger partial charge on any atom is -0.444 e. The number of carbonyl (C=O) groups excluding carboxylic acids is 1. The number of hydrogen-bond acceptors (Lipinski definition) is 5. The van der Waals surface area contributed by atoms with Gasteiger partial charge in [0.15, 0.2) is 0 Å². The minimum atomic E-state index is -3.50. The molecule has 1 rings (SSSR count). The molecule has 1 saturated heterocycles. The number of rotatable bonds is 2. The van der Waals surface area contributed by atoms with Crippen LogP contribution in [0, 0.1) is 5.92 Å². The van der Waals surface area contributed by atoms with Crippen molar-refractivity contribution in [3.8, 4) is 0 Å². The van der Waals surface area contributed by atoms with Crippen LogP contribution in [0.15, 0.2) is 0 Å². The zero-order chi connectivity index (χ0) is 14.1. The summed E-state index contributed by atoms with van der Waals surface area (Å²) in [6.07, 6.45) is 0.0806. The van der Waals surface area contributed by atoms with E-state index in [1.165, 1.54) is 4.90 Å². The predicted octanol–water partition coefficient (Wildman–Crippen LogP) is 1.22. The van der Waals surface area contributed by atoms with Crippen LogP contribution >= 0.6 is 0 Å². The van der Waals surface area contributed by atoms with Gasteiger partial charge in [0.2, 0.25) is 0 Å². The van der Waals surface area contributed by atoms with Crippen LogP contribution in [0.2, 0.25) is 0 Å². The summed E-state index contributed by atoms with van der Waals surface area (Å²) in [7, 11) is -3.50. The fourth-order valence-electron chi connectivity index (χ4n) is 1.76. The van der Waals surface area contributed by atoms with E-state index in [-0.39, 0.29) is 12.5 Å². The van der Waals surface area contributed by atoms with Crippen molar-refractivity contribution in [1.82, 2.24) is 4.90 Å². The van der Waals surface area contributed by atoms with Crippen molar-refractivity contribution in [3.63, 3.8) is 0 Å². The third-order valence-electron chi connectivity index (χ3n) is 2.49. The Morgan fingerprint density at radius 3 is 2.28 bits per heavy atom. The molecule has 1 fully saturated rings. The standard InChI is InChI=1S/C11H21NO5S/c1-8-6-12(10(13)16-11(2,3)4)7-9(8)17-18(5,14)15/h8-9H,6-7H2,1-5H3/t8-,9-/m0/s1. The quantitative estimate of drug-likeness (QED) is 0.711. The summed E-state index contributed by atoms with van der Waals surface area (Å²) in [4.78, 5) is 13.3. The van der Waals surface area contributed by atoms with Gasteiger partial charge in [0.1, 0.15) is 5.60 Å². The molecule has 0 aromatic carbocycles. The maximum atomic E-state index is 11.8. The third-order valence-corrected chi connectivity index (χ3v) is 3.09. The lowest BCUT2D eigenvalue weighted by Gasteiger charge is -2.24. The largest absolute Gasteiger partial charge is 0.444 e. The topological polar surface area (TPSA) is 72.9 Å². The van der Waals surface area contributed by atoms with E-state index in [0.717, 1.165) is 6.26 Å². The van der Waals surface area contributed by atoms with Gasteiger partial charge in [-0.05, 0) is 20.8 Å². The van der Waals surface area contributed by atoms with Gasteiger partial charge >= 0.3 is 6.09 Å². The average molecular weight is 279 g/mol. The molecule has 1 aliphatic heterocycles. The van der Waals surface area contributed by atoms with Crippen LogP contribution in [-0.2, 0) is 19.0 Å². The van der Waals surface area contributed by atoms with Crippen LogP contribution in [0.25, 0.3) is 0 Å². The third kappa shape index (κ3) is 4.81. The van der Waals surface area contributed by atoms with Crippen molar-refractivity contribution in [3.05, 3.63) is 0 Å². The van der Waals surface area contributed by atoms with Crippen LogP contribution in [0.1, 0.15) is 27.7 Å². The Bertz CT molecular complexity index is 412. The molecule has 0 spiro atoms. The maximum absolute atomic E-state index is 11.8. The van der Waals surface area contributed by atoms with Crippen molar-refractivity contribution in [2.75, 3.05) is 19.3 Å². The molecule has 1 heterocycles. The van der Waals surface area contributed by atoms with E-state index >= 15 is 0 Å². The van der Waals surface area contributed by atoms with E-state index in [1.54, 1.807) is 20.8 Å². The molecule has 2 atom stereocenters. The highest BCUT2D eigenvalue weighted by molar-refractivity contribution is 7.86. The van der Waals surface area contributed by atoms with Crippen LogP contribution in [0.3, 0.4) is 0 Å². The first-order valence-electron chi connectivity index (χ1n) is 5.84. The molecule has 0 saturated carbocycles. The fraction of sp³-hybridized carbons (Fsp3) is 0.909. The van der Waals surface area contributed by atoms with E-state index in [9.17, 15) is 13.2 Å². The average Bonchev–Trinajstić information content (AvgIpc) is 2.42. The smallest absolute Gasteiger partial charge is 0.410 e. The zero-order valence-corrected chi connectivity index (χ0v) is 12.3. The van der Waals surface area contributed by atoms with E-state index in [0.29, 0.717) is 6.54 Å². The molecule has 0 aromatic rings. The van der Waals surface area contributed by atoms with E-state index in [1.807, 2.05) is 6.92 Å². The summed E-state index contributed by atoms with van der Waals surface area (Å²) in [5.74, 6) is -0.0350. The zero-order valence-electron chi connectivity index (χ0n) is 11.5. The molecule has 7 heteroatoms. The van der Waals surface area contributed by atoms with E-state index in [2.05, 4.69) is 0 Å². The van der Waals surface area contributed by atoms with Crippen molar-refractivity contribution in [1.29, 1.82) is 0 Å². The Labute approximate surface area is 108 Å². The second-order valence-corrected chi connectivity index (χ2v) is 7.30. The number of carbonyl (C=O) groups is 1. The molecule has 0 N–H and O–H groups in total. The molecule has 18 heavy (non-hydrogen) atoms. The van der Waals surface area contributed by atoms with E-state index in [4.69, 9.17) is 8.92 Å². The number of likely N-dealkylation sites (tertiary alicyclic amines) is 1. The highest BCUT2D eigenvalue weighted by Gasteiger charge is 2.37. The van der Waals surface area contributed by atoms with Gasteiger partial charge in [0.25, 0.3) is 10.1 Å². The lowest BCUT2D eigenvalue weighted by Crippen LogP contribution is -2.36. The Hall–Kier alpha value is -0.820. The van der Waals surface area contributed by atoms with Crippen molar-refractivity contribution in [2.24, 2.45) is 5.92 Å². The summed E-state index contributed by atoms with van der Waals surface area (Å²) in [6.45, 7) is 7.89. The van der Waals surface area contributed by atoms with Crippen LogP contribution in [-0.4, -0.2) is 50.5 Å². The van der Waals surface area contributed by atoms with Gasteiger partial charge in [-0.25, -0.2) is 4.79 Å². The SMILES string of the molecule is C[C@H]1CN(C(=O)OC(C)(C)C)C[C@@H]1OS(C)(=O)=O. The molecule has 1 amide bonds. The second kappa shape index (κ2) is 5.05. The van der Waals surface area contributed by atoms with Gasteiger partial charge in [-0.1, -0.05) is 6.92 Å². The number of ether oxygens (including phenoxy) is 1. The Kier molecular flexibility index (Phi) is 4.27. The number of amides is 1. The van der Waals surface area contributed by atoms with Crippen molar-refractivity contribution < 1.29 is 22.1 Å². The molecule has 0 radical (unpaired) electrons. The Balaban J connectivity index is 2.61. The molecule has 106 valence electrons. The molecule has 0 aromatic heterocycles. The van der Waals surface area contributed by atoms with Crippen LogP contribution in [0.5, 0.6) is 0 Å². The summed E-state index contributed by atoms with van der Waals surface area (Å²) in [6, 6.07) is 0. The Morgan fingerprint density at radius 2 is 1.83 bits per heavy atom. The van der Waals surface area contributed by atoms with Gasteiger partial charge in [-0.15, -0.1) is 0 Å². The first-order chi connectivity index (χ1) is 7.98. The lowest BCUT2D eigenvalue weighted by molar-refractivity contribution is 0.0275. The summed E-state index contributed by atoms with van der Waals surface area (Å²) in [5.41, 5.74) is -0.559. The molecular weight excluding hydrogens is 258 g/mol. The highest BCUT2D eigenvalue weighted by atomic mass is 32.2. The minimum absolute atomic E-state index is 0.0350. The fourth-order valence-corrected chi connectivity index (χ4v) is 2.46. The lowest BCUT2D eigenvalue weighted by atomic mass is 10.1. The van der Waals surface area contributed by atoms with Gasteiger partial charge in [-0.2, -0.15) is 8.42 Å². The summed E-state index contributed by atoms with van der Waals surface area (Å²) >= 11 is 0. The normalized spacial score (nSPS) is 25.3. The van der Waals surface area contributed by atoms with Crippen molar-refractivity contribution >= 4 is 16.2 Å². The summed E-state index contributed by atoms with van der Waals surface area (Å²) < 4.78 is 32.3. The molecule has 1 aliphatic rings. The molecular formula is C11H21NO5S. The van der Waals surface area contributed by atoms with Crippen LogP contribution in [0.4, 0.5) is 4.79 Å². The first-order valence-corrected chi connectivity index (χ1v) is 7.66. The molecule has 6 nitrogen and oxygen atoms in total. The Morgan fingerprint density at radius 1 is 1.28 bits per heavy atom. The summed E-state index contributed by atoms with van der Waals surface area (Å²) in [5, 5.41) is 0. The molecule has 0 bridgehead atoms. The van der Waals surface area contributed by atoms with Gasteiger partial charge < -0.3 is 9.64 Å². The molecule has 0 aliphatic carbocycles. The van der Waals surface area contributed by atoms with Gasteiger partial charge in [-0.3, -0.25) is 4.18 Å². The number of hydrogen-bond donors (Lipinski definition) is 0. The van der Waals surface area contributed by atoms with Gasteiger partial charge in [0, 0.05) is 12.5 Å². The second-order valence-electron chi connectivity index (χ2n) is 5.70. The number of nitrogens with zero attached hydrogens (tertiary/aromatic N) is 1. The molecule has 0 unspecified atom stereocenters. The highest BCUT2D eigenvalue weighted by Crippen LogP contribution is 2.22. The first kappa shape index (κ1) is 15.2. The van der Waals surface area contributed by atoms with Gasteiger partial charge in [0.05, 0.1) is 18.9 Å². The van der Waals surface area contributed by atoms with Crippen molar-refractivity contribution in [2.45, 2.75) is 39.4 Å². The maximum Gasteiger partial charge on any atom is 0.410 e.